The molecule has 0 saturated carbocycles. The van der Waals surface area contributed by atoms with Gasteiger partial charge < -0.3 is 20.4 Å². The number of para-hydroxylation sites is 2. The Kier molecular flexibility index (Phi) is 6.16. The number of nitrogens with two attached hydrogens (primary N) is 1. The zero-order valence-corrected chi connectivity index (χ0v) is 15.1. The lowest BCUT2D eigenvalue weighted by atomic mass is 10.1. The summed E-state index contributed by atoms with van der Waals surface area (Å²) in [5, 5.41) is 3.01. The van der Waals surface area contributed by atoms with Crippen LogP contribution in [0.1, 0.15) is 18.0 Å². The van der Waals surface area contributed by atoms with Gasteiger partial charge in [-0.05, 0) is 29.8 Å². The Hall–Kier alpha value is -2.77. The molecule has 3 N–H and O–H groups in total. The molecule has 3 rings (SSSR count). The fourth-order valence-corrected chi connectivity index (χ4v) is 3.00. The quantitative estimate of drug-likeness (QED) is 0.638. The topological polar surface area (TPSA) is 82.2 Å². The molecule has 6 nitrogen and oxygen atoms in total. The predicted molar refractivity (Wildman–Crippen MR) is 101 cm³/mol. The zero-order valence-electron chi connectivity index (χ0n) is 15.1. The first-order valence-corrected chi connectivity index (χ1v) is 8.78. The summed E-state index contributed by atoms with van der Waals surface area (Å²) in [6.07, 6.45) is 1.56. The second kappa shape index (κ2) is 8.75. The Bertz CT molecular complexity index is 890. The Morgan fingerprint density at radius 3 is 2.70 bits per heavy atom. The summed E-state index contributed by atoms with van der Waals surface area (Å²) in [5.41, 5.74) is 8.26. The van der Waals surface area contributed by atoms with Gasteiger partial charge in [-0.1, -0.05) is 24.3 Å². The van der Waals surface area contributed by atoms with Crippen LogP contribution in [-0.2, 0) is 16.1 Å². The van der Waals surface area contributed by atoms with Crippen LogP contribution in [0.25, 0.3) is 11.0 Å². The van der Waals surface area contributed by atoms with Crippen molar-refractivity contribution in [1.82, 2.24) is 14.9 Å². The Morgan fingerprint density at radius 2 is 2.00 bits per heavy atom. The van der Waals surface area contributed by atoms with Crippen LogP contribution in [0.4, 0.5) is 4.39 Å². The van der Waals surface area contributed by atoms with Crippen molar-refractivity contribution in [3.8, 4) is 0 Å². The minimum Gasteiger partial charge on any atom is -0.380 e. The summed E-state index contributed by atoms with van der Waals surface area (Å²) in [6, 6.07) is 13.6. The number of imidazole rings is 1. The first-order valence-electron chi connectivity index (χ1n) is 8.78. The van der Waals surface area contributed by atoms with Gasteiger partial charge in [0.15, 0.2) is 0 Å². The number of rotatable bonds is 8. The second-order valence-electron chi connectivity index (χ2n) is 6.35. The largest absolute Gasteiger partial charge is 0.380 e. The van der Waals surface area contributed by atoms with Gasteiger partial charge in [-0.2, -0.15) is 0 Å². The van der Waals surface area contributed by atoms with E-state index in [9.17, 15) is 9.18 Å². The molecular weight excluding hydrogens is 347 g/mol. The summed E-state index contributed by atoms with van der Waals surface area (Å²) in [6.45, 7) is 0.732. The summed E-state index contributed by atoms with van der Waals surface area (Å²) in [5.74, 6) is -0.495. The van der Waals surface area contributed by atoms with Gasteiger partial charge in [0.1, 0.15) is 5.82 Å². The van der Waals surface area contributed by atoms with Gasteiger partial charge in [0.05, 0.1) is 35.9 Å². The molecule has 2 atom stereocenters. The number of nitrogens with one attached hydrogen (secondary N) is 1. The van der Waals surface area contributed by atoms with Crippen molar-refractivity contribution in [3.05, 3.63) is 66.2 Å². The van der Waals surface area contributed by atoms with E-state index in [1.54, 1.807) is 18.5 Å². The zero-order chi connectivity index (χ0) is 19.2. The number of fused-ring (bicyclic) bond motifs is 1. The minimum absolute atomic E-state index is 0.162. The molecule has 0 aliphatic heterocycles. The predicted octanol–water partition coefficient (Wildman–Crippen LogP) is 2.40. The number of methoxy groups -OCH3 is 1. The molecule has 1 amide bonds. The first-order chi connectivity index (χ1) is 13.1. The maximum absolute atomic E-state index is 13.3. The lowest BCUT2D eigenvalue weighted by Gasteiger charge is -2.22. The Balaban J connectivity index is 1.83. The molecule has 0 bridgehead atoms. The maximum Gasteiger partial charge on any atom is 0.223 e. The standard InChI is InChI=1S/C20H23FN4O2/c1-27-16(11-22)10-20(26)24-18(14-6-8-15(21)9-7-14)12-25-13-23-17-4-2-3-5-19(17)25/h2-9,13,16,18H,10-12,22H2,1H3,(H,24,26). The summed E-state index contributed by atoms with van der Waals surface area (Å²) >= 11 is 0. The van der Waals surface area contributed by atoms with E-state index < -0.39 is 0 Å². The maximum atomic E-state index is 13.3. The van der Waals surface area contributed by atoms with Gasteiger partial charge in [-0.15, -0.1) is 0 Å². The third-order valence-corrected chi connectivity index (χ3v) is 4.52. The second-order valence-corrected chi connectivity index (χ2v) is 6.35. The van der Waals surface area contributed by atoms with E-state index in [1.165, 1.54) is 19.2 Å². The fraction of sp³-hybridized carbons (Fsp3) is 0.300. The Morgan fingerprint density at radius 1 is 1.26 bits per heavy atom. The van der Waals surface area contributed by atoms with Crippen LogP contribution < -0.4 is 11.1 Å². The minimum atomic E-state index is -0.342. The smallest absolute Gasteiger partial charge is 0.223 e. The van der Waals surface area contributed by atoms with Crippen molar-refractivity contribution >= 4 is 16.9 Å². The molecule has 3 aromatic rings. The van der Waals surface area contributed by atoms with E-state index in [-0.39, 0.29) is 36.8 Å². The fourth-order valence-electron chi connectivity index (χ4n) is 3.00. The normalized spacial score (nSPS) is 13.4. The molecule has 7 heteroatoms. The number of aromatic nitrogens is 2. The number of halogens is 1. The van der Waals surface area contributed by atoms with Crippen LogP contribution in [0, 0.1) is 5.82 Å². The number of hydrogen-bond donors (Lipinski definition) is 2. The summed E-state index contributed by atoms with van der Waals surface area (Å²) in [4.78, 5) is 16.9. The number of nitrogens with zero attached hydrogens (tertiary/aromatic N) is 2. The summed E-state index contributed by atoms with van der Waals surface area (Å²) < 4.78 is 20.5. The molecule has 0 saturated heterocycles. The van der Waals surface area contributed by atoms with Gasteiger partial charge in [-0.3, -0.25) is 4.79 Å². The summed E-state index contributed by atoms with van der Waals surface area (Å²) in [7, 11) is 1.53. The third kappa shape index (κ3) is 4.69. The highest BCUT2D eigenvalue weighted by molar-refractivity contribution is 5.77. The first kappa shape index (κ1) is 19.0. The third-order valence-electron chi connectivity index (χ3n) is 4.52. The molecular formula is C20H23FN4O2. The van der Waals surface area contributed by atoms with Gasteiger partial charge in [0.2, 0.25) is 5.91 Å². The Labute approximate surface area is 157 Å². The van der Waals surface area contributed by atoms with Crippen LogP contribution in [-0.4, -0.2) is 35.2 Å². The molecule has 1 aromatic heterocycles. The van der Waals surface area contributed by atoms with Crippen LogP contribution in [0.5, 0.6) is 0 Å². The van der Waals surface area contributed by atoms with E-state index in [1.807, 2.05) is 28.8 Å². The van der Waals surface area contributed by atoms with Gasteiger partial charge in [0, 0.05) is 20.2 Å². The van der Waals surface area contributed by atoms with Crippen LogP contribution in [0.3, 0.4) is 0 Å². The highest BCUT2D eigenvalue weighted by atomic mass is 19.1. The van der Waals surface area contributed by atoms with E-state index in [0.29, 0.717) is 6.54 Å². The lowest BCUT2D eigenvalue weighted by molar-refractivity contribution is -0.124. The van der Waals surface area contributed by atoms with Crippen molar-refractivity contribution in [3.63, 3.8) is 0 Å². The molecule has 0 radical (unpaired) electrons. The van der Waals surface area contributed by atoms with Crippen molar-refractivity contribution in [2.75, 3.05) is 13.7 Å². The number of benzene rings is 2. The van der Waals surface area contributed by atoms with Crippen molar-refractivity contribution in [2.45, 2.75) is 25.1 Å². The van der Waals surface area contributed by atoms with Crippen LogP contribution in [0.2, 0.25) is 0 Å². The van der Waals surface area contributed by atoms with Crippen LogP contribution in [0.15, 0.2) is 54.9 Å². The molecule has 0 aliphatic rings. The van der Waals surface area contributed by atoms with E-state index >= 15 is 0 Å². The molecule has 0 fully saturated rings. The van der Waals surface area contributed by atoms with E-state index in [4.69, 9.17) is 10.5 Å². The SMILES string of the molecule is COC(CN)CC(=O)NC(Cn1cnc2ccccc21)c1ccc(F)cc1. The molecule has 0 spiro atoms. The van der Waals surface area contributed by atoms with Crippen molar-refractivity contribution < 1.29 is 13.9 Å². The molecule has 2 aromatic carbocycles. The average Bonchev–Trinajstić information content (AvgIpc) is 3.09. The number of carbonyl (C=O) groups excluding carboxylic acids is 1. The van der Waals surface area contributed by atoms with E-state index in [2.05, 4.69) is 10.3 Å². The molecule has 142 valence electrons. The van der Waals surface area contributed by atoms with Crippen LogP contribution >= 0.6 is 0 Å². The van der Waals surface area contributed by atoms with E-state index in [0.717, 1.165) is 16.6 Å². The van der Waals surface area contributed by atoms with Gasteiger partial charge >= 0.3 is 0 Å². The lowest BCUT2D eigenvalue weighted by Crippen LogP contribution is -2.36. The highest BCUT2D eigenvalue weighted by Gasteiger charge is 2.19. The van der Waals surface area contributed by atoms with Crippen molar-refractivity contribution in [1.29, 1.82) is 0 Å². The monoisotopic (exact) mass is 370 g/mol. The molecule has 2 unspecified atom stereocenters. The van der Waals surface area contributed by atoms with Gasteiger partial charge in [-0.25, -0.2) is 9.37 Å². The van der Waals surface area contributed by atoms with Gasteiger partial charge in [0.25, 0.3) is 0 Å². The number of amides is 1. The number of hydrogen-bond acceptors (Lipinski definition) is 4. The molecule has 0 aliphatic carbocycles. The molecule has 1 heterocycles. The molecule has 27 heavy (non-hydrogen) atoms. The number of carbonyl (C=O) groups is 1. The van der Waals surface area contributed by atoms with Crippen molar-refractivity contribution in [2.24, 2.45) is 5.73 Å². The number of ether oxygens (including phenoxy) is 1. The highest BCUT2D eigenvalue weighted by Crippen LogP contribution is 2.20. The average molecular weight is 370 g/mol.